The molecule has 0 spiro atoms. The van der Waals surface area contributed by atoms with E-state index in [1.165, 1.54) is 5.56 Å². The van der Waals surface area contributed by atoms with Gasteiger partial charge in [-0.2, -0.15) is 11.8 Å². The van der Waals surface area contributed by atoms with E-state index in [0.29, 0.717) is 0 Å². The third-order valence-electron chi connectivity index (χ3n) is 6.54. The Labute approximate surface area is 204 Å². The van der Waals surface area contributed by atoms with Crippen LogP contribution < -0.4 is 0 Å². The van der Waals surface area contributed by atoms with Crippen molar-refractivity contribution in [1.82, 2.24) is 5.16 Å². The first-order valence-corrected chi connectivity index (χ1v) is 12.8. The predicted molar refractivity (Wildman–Crippen MR) is 137 cm³/mol. The third kappa shape index (κ3) is 4.95. The first-order valence-electron chi connectivity index (χ1n) is 11.6. The number of aromatic nitrogens is 1. The van der Waals surface area contributed by atoms with E-state index >= 15 is 0 Å². The Morgan fingerprint density at radius 1 is 0.971 bits per heavy atom. The van der Waals surface area contributed by atoms with Gasteiger partial charge in [0.15, 0.2) is 5.76 Å². The van der Waals surface area contributed by atoms with Gasteiger partial charge in [0.25, 0.3) is 0 Å². The number of hydrogen-bond acceptors (Lipinski definition) is 4. The highest BCUT2D eigenvalue weighted by Crippen LogP contribution is 2.47. The van der Waals surface area contributed by atoms with Gasteiger partial charge in [-0.15, -0.1) is 0 Å². The van der Waals surface area contributed by atoms with Crippen molar-refractivity contribution in [3.05, 3.63) is 101 Å². The Hall–Kier alpha value is -3.31. The molecule has 2 atom stereocenters. The molecule has 0 amide bonds. The molecule has 3 aromatic carbocycles. The number of carboxylic acids is 1. The zero-order valence-corrected chi connectivity index (χ0v) is 19.9. The summed E-state index contributed by atoms with van der Waals surface area (Å²) in [6.07, 6.45) is 1.79. The Balaban J connectivity index is 1.23. The fourth-order valence-electron chi connectivity index (χ4n) is 4.37. The third-order valence-corrected chi connectivity index (χ3v) is 7.52. The molecule has 1 saturated carbocycles. The summed E-state index contributed by atoms with van der Waals surface area (Å²) in [5.41, 5.74) is 7.85. The van der Waals surface area contributed by atoms with Crippen LogP contribution in [0.2, 0.25) is 0 Å². The molecule has 1 aliphatic carbocycles. The van der Waals surface area contributed by atoms with Crippen LogP contribution in [-0.4, -0.2) is 22.0 Å². The van der Waals surface area contributed by atoms with Crippen LogP contribution in [0.25, 0.3) is 22.5 Å². The van der Waals surface area contributed by atoms with Gasteiger partial charge in [0.1, 0.15) is 0 Å². The van der Waals surface area contributed by atoms with Crippen LogP contribution in [0.15, 0.2) is 83.4 Å². The number of aryl methyl sites for hydroxylation is 2. The highest BCUT2D eigenvalue weighted by molar-refractivity contribution is 7.98. The van der Waals surface area contributed by atoms with Crippen molar-refractivity contribution in [2.75, 3.05) is 5.75 Å². The summed E-state index contributed by atoms with van der Waals surface area (Å²) in [6, 6.07) is 27.2. The number of rotatable bonds is 9. The van der Waals surface area contributed by atoms with Gasteiger partial charge in [-0.3, -0.25) is 4.79 Å². The first kappa shape index (κ1) is 22.5. The SMILES string of the molecule is Cc1noc(-c2ccc(-c3ccc([C@@H]4C[C@H]4C(=O)O)cc3)cc2)c1CSCCc1ccccc1. The van der Waals surface area contributed by atoms with Crippen LogP contribution in [0.4, 0.5) is 0 Å². The van der Waals surface area contributed by atoms with Gasteiger partial charge in [0.05, 0.1) is 11.6 Å². The number of hydrogen-bond donors (Lipinski definition) is 1. The van der Waals surface area contributed by atoms with Crippen molar-refractivity contribution < 1.29 is 14.4 Å². The molecule has 0 unspecified atom stereocenters. The summed E-state index contributed by atoms with van der Waals surface area (Å²) in [5, 5.41) is 13.4. The molecule has 1 fully saturated rings. The normalized spacial score (nSPS) is 17.0. The summed E-state index contributed by atoms with van der Waals surface area (Å²) < 4.78 is 5.71. The summed E-state index contributed by atoms with van der Waals surface area (Å²) in [6.45, 7) is 2.00. The molecule has 1 heterocycles. The lowest BCUT2D eigenvalue weighted by Gasteiger charge is -2.07. The maximum atomic E-state index is 11.1. The van der Waals surface area contributed by atoms with Crippen LogP contribution in [0, 0.1) is 12.8 Å². The van der Waals surface area contributed by atoms with Gasteiger partial charge < -0.3 is 9.63 Å². The largest absolute Gasteiger partial charge is 0.481 e. The average molecular weight is 470 g/mol. The van der Waals surface area contributed by atoms with Crippen LogP contribution in [-0.2, 0) is 17.0 Å². The fraction of sp³-hybridized carbons (Fsp3) is 0.241. The molecule has 0 aliphatic heterocycles. The van der Waals surface area contributed by atoms with E-state index < -0.39 is 5.97 Å². The molecule has 0 bridgehead atoms. The van der Waals surface area contributed by atoms with Gasteiger partial charge in [-0.05, 0) is 53.7 Å². The Morgan fingerprint density at radius 3 is 2.26 bits per heavy atom. The molecular weight excluding hydrogens is 442 g/mol. The second-order valence-electron chi connectivity index (χ2n) is 8.85. The summed E-state index contributed by atoms with van der Waals surface area (Å²) in [7, 11) is 0. The maximum Gasteiger partial charge on any atom is 0.307 e. The van der Waals surface area contributed by atoms with Crippen molar-refractivity contribution in [3.63, 3.8) is 0 Å². The van der Waals surface area contributed by atoms with Crippen molar-refractivity contribution in [1.29, 1.82) is 0 Å². The highest BCUT2D eigenvalue weighted by atomic mass is 32.2. The lowest BCUT2D eigenvalue weighted by molar-refractivity contribution is -0.138. The van der Waals surface area contributed by atoms with Crippen molar-refractivity contribution in [2.45, 2.75) is 31.4 Å². The lowest BCUT2D eigenvalue weighted by atomic mass is 9.99. The zero-order chi connectivity index (χ0) is 23.5. The summed E-state index contributed by atoms with van der Waals surface area (Å²) in [4.78, 5) is 11.1. The first-order chi connectivity index (χ1) is 16.6. The van der Waals surface area contributed by atoms with E-state index in [1.54, 1.807) is 0 Å². The van der Waals surface area contributed by atoms with E-state index in [2.05, 4.69) is 78.0 Å². The number of aliphatic carboxylic acids is 1. The van der Waals surface area contributed by atoms with Gasteiger partial charge in [-0.25, -0.2) is 0 Å². The number of benzene rings is 3. The van der Waals surface area contributed by atoms with E-state index in [9.17, 15) is 4.79 Å². The molecule has 172 valence electrons. The van der Waals surface area contributed by atoms with Crippen LogP contribution >= 0.6 is 11.8 Å². The fourth-order valence-corrected chi connectivity index (χ4v) is 5.44. The van der Waals surface area contributed by atoms with Gasteiger partial charge in [0.2, 0.25) is 0 Å². The quantitative estimate of drug-likeness (QED) is 0.268. The molecule has 1 aromatic heterocycles. The van der Waals surface area contributed by atoms with E-state index in [-0.39, 0.29) is 11.8 Å². The van der Waals surface area contributed by atoms with Gasteiger partial charge in [-0.1, -0.05) is 84.0 Å². The second kappa shape index (κ2) is 9.90. The lowest BCUT2D eigenvalue weighted by Crippen LogP contribution is -1.98. The van der Waals surface area contributed by atoms with Crippen LogP contribution in [0.1, 0.15) is 34.7 Å². The topological polar surface area (TPSA) is 63.3 Å². The Bertz CT molecular complexity index is 1260. The van der Waals surface area contributed by atoms with Gasteiger partial charge in [0, 0.05) is 16.9 Å². The molecule has 0 radical (unpaired) electrons. The molecule has 4 nitrogen and oxygen atoms in total. The predicted octanol–water partition coefficient (Wildman–Crippen LogP) is 6.98. The molecule has 4 aromatic rings. The number of carbonyl (C=O) groups is 1. The van der Waals surface area contributed by atoms with E-state index in [4.69, 9.17) is 9.63 Å². The van der Waals surface area contributed by atoms with Crippen molar-refractivity contribution >= 4 is 17.7 Å². The molecule has 0 saturated heterocycles. The van der Waals surface area contributed by atoms with Gasteiger partial charge >= 0.3 is 5.97 Å². The van der Waals surface area contributed by atoms with E-state index in [1.807, 2.05) is 24.8 Å². The minimum atomic E-state index is -0.693. The zero-order valence-electron chi connectivity index (χ0n) is 19.1. The monoisotopic (exact) mass is 469 g/mol. The molecule has 1 N–H and O–H groups in total. The van der Waals surface area contributed by atoms with Crippen LogP contribution in [0.5, 0.6) is 0 Å². The average Bonchev–Trinajstić information content (AvgIpc) is 3.60. The Kier molecular flexibility index (Phi) is 6.54. The number of thioether (sulfide) groups is 1. The minimum absolute atomic E-state index is 0.160. The van der Waals surface area contributed by atoms with Crippen molar-refractivity contribution in [3.8, 4) is 22.5 Å². The maximum absolute atomic E-state index is 11.1. The summed E-state index contributed by atoms with van der Waals surface area (Å²) >= 11 is 1.90. The second-order valence-corrected chi connectivity index (χ2v) is 9.96. The number of nitrogens with zero attached hydrogens (tertiary/aromatic N) is 1. The molecule has 1 aliphatic rings. The smallest absolute Gasteiger partial charge is 0.307 e. The molecular formula is C29H27NO3S. The summed E-state index contributed by atoms with van der Waals surface area (Å²) in [5.74, 6) is 2.02. The molecule has 5 rings (SSSR count). The molecule has 5 heteroatoms. The van der Waals surface area contributed by atoms with E-state index in [0.717, 1.165) is 63.6 Å². The molecule has 34 heavy (non-hydrogen) atoms. The van der Waals surface area contributed by atoms with Crippen LogP contribution in [0.3, 0.4) is 0 Å². The Morgan fingerprint density at radius 2 is 1.62 bits per heavy atom. The number of carboxylic acid groups (broad SMARTS) is 1. The highest BCUT2D eigenvalue weighted by Gasteiger charge is 2.43. The minimum Gasteiger partial charge on any atom is -0.481 e. The standard InChI is InChI=1S/C29H27NO3S/c1-19-27(18-34-16-15-20-5-3-2-4-6-20)28(33-30-19)24-13-9-22(10-14-24)21-7-11-23(12-8-21)25-17-26(25)29(31)32/h2-14,25-26H,15-18H2,1H3,(H,31,32)/t25-,26+/m0/s1. The van der Waals surface area contributed by atoms with Crippen molar-refractivity contribution in [2.24, 2.45) is 5.92 Å².